The van der Waals surface area contributed by atoms with E-state index in [4.69, 9.17) is 5.26 Å². The highest BCUT2D eigenvalue weighted by Crippen LogP contribution is 2.28. The Morgan fingerprint density at radius 3 is 2.81 bits per heavy atom. The third-order valence-corrected chi connectivity index (χ3v) is 3.45. The molecule has 2 nitrogen and oxygen atoms in total. The van der Waals surface area contributed by atoms with Crippen LogP contribution in [0.25, 0.3) is 10.6 Å². The average Bonchev–Trinajstić information content (AvgIpc) is 2.72. The second-order valence-electron chi connectivity index (χ2n) is 3.63. The summed E-state index contributed by atoms with van der Waals surface area (Å²) in [6.45, 7) is 4.08. The van der Waals surface area contributed by atoms with Crippen molar-refractivity contribution in [1.29, 1.82) is 5.26 Å². The number of thiazole rings is 1. The standard InChI is InChI=1S/C13H12N2S/c1-3-11-12(8-14)16-13(15-11)10-6-4-5-9(2)7-10/h4-7H,3H2,1-2H3. The minimum absolute atomic E-state index is 0.735. The smallest absolute Gasteiger partial charge is 0.128 e. The van der Waals surface area contributed by atoms with E-state index in [-0.39, 0.29) is 0 Å². The van der Waals surface area contributed by atoms with Crippen LogP contribution in [-0.2, 0) is 6.42 Å². The summed E-state index contributed by atoms with van der Waals surface area (Å²) in [5, 5.41) is 9.93. The molecule has 0 aliphatic heterocycles. The van der Waals surface area contributed by atoms with E-state index in [1.165, 1.54) is 16.9 Å². The Bertz CT molecular complexity index is 549. The van der Waals surface area contributed by atoms with Crippen LogP contribution in [0.15, 0.2) is 24.3 Å². The first-order chi connectivity index (χ1) is 7.74. The summed E-state index contributed by atoms with van der Waals surface area (Å²) in [6.07, 6.45) is 0.811. The number of hydrogen-bond donors (Lipinski definition) is 0. The van der Waals surface area contributed by atoms with E-state index < -0.39 is 0 Å². The summed E-state index contributed by atoms with van der Waals surface area (Å²) in [5.74, 6) is 0. The molecule has 0 bridgehead atoms. The topological polar surface area (TPSA) is 36.7 Å². The van der Waals surface area contributed by atoms with E-state index >= 15 is 0 Å². The number of hydrogen-bond acceptors (Lipinski definition) is 3. The fourth-order valence-electron chi connectivity index (χ4n) is 1.58. The van der Waals surface area contributed by atoms with Gasteiger partial charge in [-0.25, -0.2) is 4.98 Å². The van der Waals surface area contributed by atoms with E-state index in [9.17, 15) is 0 Å². The average molecular weight is 228 g/mol. The molecule has 0 aliphatic rings. The fraction of sp³-hybridized carbons (Fsp3) is 0.231. The minimum Gasteiger partial charge on any atom is -0.240 e. The van der Waals surface area contributed by atoms with Gasteiger partial charge in [0.15, 0.2) is 0 Å². The van der Waals surface area contributed by atoms with Gasteiger partial charge in [0, 0.05) is 5.56 Å². The molecule has 0 radical (unpaired) electrons. The highest BCUT2D eigenvalue weighted by molar-refractivity contribution is 7.15. The molecule has 1 aromatic heterocycles. The molecule has 0 saturated heterocycles. The first kappa shape index (κ1) is 10.8. The van der Waals surface area contributed by atoms with Crippen LogP contribution in [-0.4, -0.2) is 4.98 Å². The van der Waals surface area contributed by atoms with Crippen LogP contribution < -0.4 is 0 Å². The van der Waals surface area contributed by atoms with Crippen molar-refractivity contribution in [3.63, 3.8) is 0 Å². The fourth-order valence-corrected chi connectivity index (χ4v) is 2.53. The van der Waals surface area contributed by atoms with Gasteiger partial charge in [-0.15, -0.1) is 11.3 Å². The second-order valence-corrected chi connectivity index (χ2v) is 4.63. The van der Waals surface area contributed by atoms with Gasteiger partial charge in [0.25, 0.3) is 0 Å². The van der Waals surface area contributed by atoms with Crippen molar-refractivity contribution in [3.05, 3.63) is 40.4 Å². The van der Waals surface area contributed by atoms with Gasteiger partial charge in [-0.2, -0.15) is 5.26 Å². The molecular formula is C13H12N2S. The number of benzene rings is 1. The summed E-state index contributed by atoms with van der Waals surface area (Å²) >= 11 is 1.47. The van der Waals surface area contributed by atoms with E-state index in [1.54, 1.807) is 0 Å². The lowest BCUT2D eigenvalue weighted by Gasteiger charge is -1.96. The SMILES string of the molecule is CCc1nc(-c2cccc(C)c2)sc1C#N. The molecule has 16 heavy (non-hydrogen) atoms. The van der Waals surface area contributed by atoms with E-state index in [0.717, 1.165) is 27.6 Å². The molecule has 1 aromatic carbocycles. The maximum atomic E-state index is 8.98. The zero-order valence-electron chi connectivity index (χ0n) is 9.32. The summed E-state index contributed by atoms with van der Waals surface area (Å²) < 4.78 is 0. The number of nitrogens with zero attached hydrogens (tertiary/aromatic N) is 2. The van der Waals surface area contributed by atoms with Gasteiger partial charge in [0.05, 0.1) is 5.69 Å². The molecule has 3 heteroatoms. The maximum absolute atomic E-state index is 8.98. The Balaban J connectivity index is 2.49. The molecule has 0 aliphatic carbocycles. The number of aryl methyl sites for hydroxylation is 2. The highest BCUT2D eigenvalue weighted by Gasteiger charge is 2.10. The Hall–Kier alpha value is -1.66. The van der Waals surface area contributed by atoms with Gasteiger partial charge >= 0.3 is 0 Å². The molecule has 0 fully saturated rings. The van der Waals surface area contributed by atoms with Crippen molar-refractivity contribution in [2.45, 2.75) is 20.3 Å². The van der Waals surface area contributed by atoms with Gasteiger partial charge in [-0.05, 0) is 19.4 Å². The quantitative estimate of drug-likeness (QED) is 0.788. The zero-order chi connectivity index (χ0) is 11.5. The van der Waals surface area contributed by atoms with Crippen LogP contribution in [0.3, 0.4) is 0 Å². The molecule has 0 amide bonds. The van der Waals surface area contributed by atoms with Crippen molar-refractivity contribution in [2.24, 2.45) is 0 Å². The molecule has 2 aromatic rings. The van der Waals surface area contributed by atoms with Crippen LogP contribution in [0.1, 0.15) is 23.1 Å². The van der Waals surface area contributed by atoms with Crippen molar-refractivity contribution < 1.29 is 0 Å². The molecule has 0 spiro atoms. The summed E-state index contributed by atoms with van der Waals surface area (Å²) in [6, 6.07) is 10.4. The normalized spacial score (nSPS) is 10.1. The van der Waals surface area contributed by atoms with E-state index in [2.05, 4.69) is 30.1 Å². The third-order valence-electron chi connectivity index (χ3n) is 2.40. The largest absolute Gasteiger partial charge is 0.240 e. The Labute approximate surface area is 99.2 Å². The van der Waals surface area contributed by atoms with Crippen molar-refractivity contribution in [1.82, 2.24) is 4.98 Å². The summed E-state index contributed by atoms with van der Waals surface area (Å²) in [7, 11) is 0. The van der Waals surface area contributed by atoms with Crippen molar-refractivity contribution >= 4 is 11.3 Å². The predicted molar refractivity (Wildman–Crippen MR) is 66.4 cm³/mol. The summed E-state index contributed by atoms with van der Waals surface area (Å²) in [5.41, 5.74) is 3.22. The van der Waals surface area contributed by atoms with Crippen molar-refractivity contribution in [2.75, 3.05) is 0 Å². The second kappa shape index (κ2) is 4.46. The molecule has 2 rings (SSSR count). The molecule has 0 saturated carbocycles. The molecule has 80 valence electrons. The number of nitriles is 1. The van der Waals surface area contributed by atoms with Crippen LogP contribution >= 0.6 is 11.3 Å². The van der Waals surface area contributed by atoms with Gasteiger partial charge in [0.1, 0.15) is 16.0 Å². The predicted octanol–water partition coefficient (Wildman–Crippen LogP) is 3.55. The lowest BCUT2D eigenvalue weighted by atomic mass is 10.1. The highest BCUT2D eigenvalue weighted by atomic mass is 32.1. The van der Waals surface area contributed by atoms with Gasteiger partial charge in [0.2, 0.25) is 0 Å². The zero-order valence-corrected chi connectivity index (χ0v) is 10.1. The first-order valence-corrected chi connectivity index (χ1v) is 6.03. The lowest BCUT2D eigenvalue weighted by Crippen LogP contribution is -1.83. The minimum atomic E-state index is 0.735. The van der Waals surface area contributed by atoms with Crippen LogP contribution in [0, 0.1) is 18.3 Å². The number of rotatable bonds is 2. The monoisotopic (exact) mass is 228 g/mol. The van der Waals surface area contributed by atoms with Gasteiger partial charge in [-0.1, -0.05) is 30.7 Å². The molecule has 1 heterocycles. The first-order valence-electron chi connectivity index (χ1n) is 5.21. The Morgan fingerprint density at radius 1 is 1.44 bits per heavy atom. The molecular weight excluding hydrogens is 216 g/mol. The van der Waals surface area contributed by atoms with Gasteiger partial charge in [-0.3, -0.25) is 0 Å². The number of aromatic nitrogens is 1. The molecule has 0 unspecified atom stereocenters. The summed E-state index contributed by atoms with van der Waals surface area (Å²) in [4.78, 5) is 5.24. The Morgan fingerprint density at radius 2 is 2.25 bits per heavy atom. The van der Waals surface area contributed by atoms with E-state index in [1.807, 2.05) is 19.1 Å². The Kier molecular flexibility index (Phi) is 3.02. The molecule has 0 atom stereocenters. The lowest BCUT2D eigenvalue weighted by molar-refractivity contribution is 1.06. The maximum Gasteiger partial charge on any atom is 0.128 e. The van der Waals surface area contributed by atoms with Crippen LogP contribution in [0.4, 0.5) is 0 Å². The van der Waals surface area contributed by atoms with Crippen molar-refractivity contribution in [3.8, 4) is 16.6 Å². The third kappa shape index (κ3) is 1.98. The van der Waals surface area contributed by atoms with Gasteiger partial charge < -0.3 is 0 Å². The van der Waals surface area contributed by atoms with Crippen LogP contribution in [0.2, 0.25) is 0 Å². The van der Waals surface area contributed by atoms with E-state index in [0.29, 0.717) is 0 Å². The van der Waals surface area contributed by atoms with Crippen LogP contribution in [0.5, 0.6) is 0 Å². The molecule has 0 N–H and O–H groups in total.